The Balaban J connectivity index is 1.79. The van der Waals surface area contributed by atoms with Gasteiger partial charge in [-0.2, -0.15) is 0 Å². The van der Waals surface area contributed by atoms with Crippen molar-refractivity contribution in [3.8, 4) is 0 Å². The van der Waals surface area contributed by atoms with Crippen LogP contribution in [0, 0.1) is 0 Å². The highest BCUT2D eigenvalue weighted by molar-refractivity contribution is 7.12. The highest BCUT2D eigenvalue weighted by Crippen LogP contribution is 2.19. The van der Waals surface area contributed by atoms with Crippen molar-refractivity contribution in [2.45, 2.75) is 26.2 Å². The Hall–Kier alpha value is -1.20. The van der Waals surface area contributed by atoms with Gasteiger partial charge in [0.05, 0.1) is 15.6 Å². The summed E-state index contributed by atoms with van der Waals surface area (Å²) < 4.78 is 0. The van der Waals surface area contributed by atoms with E-state index in [0.717, 1.165) is 22.0 Å². The first-order chi connectivity index (χ1) is 8.66. The molecule has 0 aliphatic carbocycles. The lowest BCUT2D eigenvalue weighted by Gasteiger charge is -2.01. The highest BCUT2D eigenvalue weighted by atomic mass is 32.1. The minimum absolute atomic E-state index is 0.00399. The molecule has 0 spiro atoms. The van der Waals surface area contributed by atoms with Gasteiger partial charge in [-0.3, -0.25) is 4.79 Å². The van der Waals surface area contributed by atoms with E-state index in [9.17, 15) is 4.79 Å². The molecule has 0 atom stereocenters. The molecule has 1 N–H and O–H groups in total. The molecular weight excluding hydrogens is 264 g/mol. The Morgan fingerprint density at radius 2 is 2.28 bits per heavy atom. The van der Waals surface area contributed by atoms with Gasteiger partial charge in [-0.15, -0.1) is 22.7 Å². The molecular formula is C13H16N2OS2. The molecule has 1 amide bonds. The molecule has 2 aromatic rings. The normalized spacial score (nSPS) is 10.8. The maximum absolute atomic E-state index is 11.7. The zero-order valence-corrected chi connectivity index (χ0v) is 12.1. The lowest BCUT2D eigenvalue weighted by Crippen LogP contribution is -2.24. The summed E-state index contributed by atoms with van der Waals surface area (Å²) in [5, 5.41) is 8.05. The quantitative estimate of drug-likeness (QED) is 0.913. The highest BCUT2D eigenvalue weighted by Gasteiger charge is 2.08. The number of nitrogens with one attached hydrogen (secondary N) is 1. The van der Waals surface area contributed by atoms with Gasteiger partial charge in [-0.25, -0.2) is 4.98 Å². The maximum Gasteiger partial charge on any atom is 0.261 e. The minimum atomic E-state index is 0.00399. The third-order valence-corrected chi connectivity index (χ3v) is 4.54. The van der Waals surface area contributed by atoms with Crippen molar-refractivity contribution in [1.82, 2.24) is 10.3 Å². The van der Waals surface area contributed by atoms with Gasteiger partial charge in [0.2, 0.25) is 0 Å². The fourth-order valence-electron chi connectivity index (χ4n) is 1.50. The molecule has 0 saturated carbocycles. The molecule has 5 heteroatoms. The number of thiazole rings is 1. The maximum atomic E-state index is 11.7. The molecule has 0 aliphatic heterocycles. The molecule has 0 saturated heterocycles. The molecule has 2 heterocycles. The summed E-state index contributed by atoms with van der Waals surface area (Å²) in [6, 6.07) is 3.72. The summed E-state index contributed by atoms with van der Waals surface area (Å²) in [5.41, 5.74) is 1.06. The van der Waals surface area contributed by atoms with Crippen molar-refractivity contribution in [3.05, 3.63) is 38.5 Å². The summed E-state index contributed by atoms with van der Waals surface area (Å²) in [4.78, 5) is 17.0. The zero-order chi connectivity index (χ0) is 13.0. The van der Waals surface area contributed by atoms with Crippen molar-refractivity contribution < 1.29 is 4.79 Å². The van der Waals surface area contributed by atoms with Crippen LogP contribution in [0.5, 0.6) is 0 Å². The van der Waals surface area contributed by atoms with Crippen LogP contribution in [0.2, 0.25) is 0 Å². The molecule has 0 unspecified atom stereocenters. The summed E-state index contributed by atoms with van der Waals surface area (Å²) in [7, 11) is 0. The van der Waals surface area contributed by atoms with E-state index < -0.39 is 0 Å². The van der Waals surface area contributed by atoms with E-state index in [1.54, 1.807) is 11.3 Å². The van der Waals surface area contributed by atoms with Crippen LogP contribution in [0.15, 0.2) is 22.9 Å². The number of hydrogen-bond acceptors (Lipinski definition) is 4. The number of amides is 1. The third kappa shape index (κ3) is 3.40. The topological polar surface area (TPSA) is 42.0 Å². The lowest BCUT2D eigenvalue weighted by atomic mass is 10.2. The monoisotopic (exact) mass is 280 g/mol. The van der Waals surface area contributed by atoms with Crippen molar-refractivity contribution in [3.63, 3.8) is 0 Å². The molecule has 96 valence electrons. The number of carbonyl (C=O) groups is 1. The first-order valence-electron chi connectivity index (χ1n) is 5.93. The summed E-state index contributed by atoms with van der Waals surface area (Å²) >= 11 is 3.15. The Kier molecular flexibility index (Phi) is 4.49. The van der Waals surface area contributed by atoms with Gasteiger partial charge in [-0.05, 0) is 11.4 Å². The van der Waals surface area contributed by atoms with Crippen molar-refractivity contribution >= 4 is 28.6 Å². The molecule has 2 aromatic heterocycles. The van der Waals surface area contributed by atoms with Crippen molar-refractivity contribution in [2.24, 2.45) is 0 Å². The SMILES string of the molecule is CC(C)c1nc(CCNC(=O)c2cccs2)cs1. The smallest absolute Gasteiger partial charge is 0.261 e. The Morgan fingerprint density at radius 1 is 1.44 bits per heavy atom. The summed E-state index contributed by atoms with van der Waals surface area (Å²) in [6.07, 6.45) is 0.792. The van der Waals surface area contributed by atoms with E-state index in [1.807, 2.05) is 17.5 Å². The van der Waals surface area contributed by atoms with E-state index in [0.29, 0.717) is 12.5 Å². The average Bonchev–Trinajstić information content (AvgIpc) is 3.00. The fourth-order valence-corrected chi connectivity index (χ4v) is 3.01. The van der Waals surface area contributed by atoms with Crippen LogP contribution in [-0.2, 0) is 6.42 Å². The third-order valence-electron chi connectivity index (χ3n) is 2.48. The lowest BCUT2D eigenvalue weighted by molar-refractivity contribution is 0.0958. The predicted molar refractivity (Wildman–Crippen MR) is 76.6 cm³/mol. The first kappa shape index (κ1) is 13.2. The van der Waals surface area contributed by atoms with E-state index in [4.69, 9.17) is 0 Å². The van der Waals surface area contributed by atoms with Gasteiger partial charge in [0.15, 0.2) is 0 Å². The molecule has 0 bridgehead atoms. The van der Waals surface area contributed by atoms with Crippen LogP contribution < -0.4 is 5.32 Å². The van der Waals surface area contributed by atoms with Crippen LogP contribution in [-0.4, -0.2) is 17.4 Å². The Bertz CT molecular complexity index is 503. The van der Waals surface area contributed by atoms with Gasteiger partial charge in [-0.1, -0.05) is 19.9 Å². The molecule has 2 rings (SSSR count). The minimum Gasteiger partial charge on any atom is -0.351 e. The molecule has 0 radical (unpaired) electrons. The average molecular weight is 280 g/mol. The first-order valence-corrected chi connectivity index (χ1v) is 7.68. The molecule has 0 aromatic carbocycles. The second-order valence-corrected chi connectivity index (χ2v) is 6.15. The molecule has 3 nitrogen and oxygen atoms in total. The zero-order valence-electron chi connectivity index (χ0n) is 10.5. The Morgan fingerprint density at radius 3 is 2.89 bits per heavy atom. The summed E-state index contributed by atoms with van der Waals surface area (Å²) in [6.45, 7) is 4.92. The van der Waals surface area contributed by atoms with Gasteiger partial charge in [0.25, 0.3) is 5.91 Å². The summed E-state index contributed by atoms with van der Waals surface area (Å²) in [5.74, 6) is 0.480. The van der Waals surface area contributed by atoms with Crippen molar-refractivity contribution in [1.29, 1.82) is 0 Å². The van der Waals surface area contributed by atoms with Gasteiger partial charge >= 0.3 is 0 Å². The molecule has 18 heavy (non-hydrogen) atoms. The second kappa shape index (κ2) is 6.11. The van der Waals surface area contributed by atoms with E-state index >= 15 is 0 Å². The molecule has 0 aliphatic rings. The number of rotatable bonds is 5. The van der Waals surface area contributed by atoms with Gasteiger partial charge in [0.1, 0.15) is 0 Å². The Labute approximate surface area is 115 Å². The van der Waals surface area contributed by atoms with Crippen LogP contribution in [0.25, 0.3) is 0 Å². The van der Waals surface area contributed by atoms with Crippen LogP contribution in [0.3, 0.4) is 0 Å². The van der Waals surface area contributed by atoms with Crippen LogP contribution >= 0.6 is 22.7 Å². The number of nitrogens with zero attached hydrogens (tertiary/aromatic N) is 1. The van der Waals surface area contributed by atoms with E-state index in [-0.39, 0.29) is 5.91 Å². The van der Waals surface area contributed by atoms with Gasteiger partial charge < -0.3 is 5.32 Å². The molecule has 0 fully saturated rings. The van der Waals surface area contributed by atoms with E-state index in [1.165, 1.54) is 11.3 Å². The standard InChI is InChI=1S/C13H16N2OS2/c1-9(2)13-15-10(8-18-13)5-6-14-12(16)11-4-3-7-17-11/h3-4,7-9H,5-6H2,1-2H3,(H,14,16). The van der Waals surface area contributed by atoms with E-state index in [2.05, 4.69) is 29.5 Å². The predicted octanol–water partition coefficient (Wildman–Crippen LogP) is 3.30. The fraction of sp³-hybridized carbons (Fsp3) is 0.385. The van der Waals surface area contributed by atoms with Crippen molar-refractivity contribution in [2.75, 3.05) is 6.54 Å². The van der Waals surface area contributed by atoms with Gasteiger partial charge in [0, 0.05) is 24.3 Å². The number of aromatic nitrogens is 1. The number of carbonyl (C=O) groups excluding carboxylic acids is 1. The second-order valence-electron chi connectivity index (χ2n) is 4.31. The largest absolute Gasteiger partial charge is 0.351 e. The number of hydrogen-bond donors (Lipinski definition) is 1. The van der Waals surface area contributed by atoms with Crippen LogP contribution in [0.4, 0.5) is 0 Å². The van der Waals surface area contributed by atoms with Crippen LogP contribution in [0.1, 0.15) is 40.1 Å². The number of thiophene rings is 1.